The lowest BCUT2D eigenvalue weighted by atomic mass is 10.1. The number of benzene rings is 2. The van der Waals surface area contributed by atoms with Crippen LogP contribution in [0.15, 0.2) is 54.6 Å². The molecule has 2 aromatic carbocycles. The molecule has 1 amide bonds. The summed E-state index contributed by atoms with van der Waals surface area (Å²) in [5, 5.41) is 5.63. The highest BCUT2D eigenvalue weighted by Gasteiger charge is 2.22. The fraction of sp³-hybridized carbons (Fsp3) is 0.357. The Bertz CT molecular complexity index is 1380. The van der Waals surface area contributed by atoms with Crippen molar-refractivity contribution in [3.63, 3.8) is 0 Å². The van der Waals surface area contributed by atoms with Crippen LogP contribution in [0, 0.1) is 0 Å². The van der Waals surface area contributed by atoms with Crippen molar-refractivity contribution in [1.29, 1.82) is 0 Å². The third-order valence-corrected chi connectivity index (χ3v) is 8.15. The van der Waals surface area contributed by atoms with E-state index in [0.29, 0.717) is 25.3 Å². The Hall–Kier alpha value is -3.04. The number of thiophene rings is 1. The number of fused-ring (bicyclic) bond motifs is 3. The number of anilines is 1. The molecule has 0 spiro atoms. The number of hydrogen-bond acceptors (Lipinski definition) is 7. The maximum absolute atomic E-state index is 13.3. The minimum absolute atomic E-state index is 0.0797. The molecule has 0 aliphatic carbocycles. The van der Waals surface area contributed by atoms with Gasteiger partial charge in [0, 0.05) is 65.0 Å². The molecule has 0 atom stereocenters. The van der Waals surface area contributed by atoms with Crippen molar-refractivity contribution >= 4 is 43.2 Å². The van der Waals surface area contributed by atoms with E-state index in [1.807, 2.05) is 12.1 Å². The van der Waals surface area contributed by atoms with Crippen LogP contribution in [-0.4, -0.2) is 81.5 Å². The Morgan fingerprint density at radius 3 is 2.47 bits per heavy atom. The van der Waals surface area contributed by atoms with E-state index in [9.17, 15) is 4.79 Å². The van der Waals surface area contributed by atoms with Gasteiger partial charge < -0.3 is 19.7 Å². The van der Waals surface area contributed by atoms with Crippen LogP contribution < -0.4 is 10.2 Å². The van der Waals surface area contributed by atoms with Crippen molar-refractivity contribution in [2.45, 2.75) is 0 Å². The van der Waals surface area contributed by atoms with Gasteiger partial charge in [-0.3, -0.25) is 9.69 Å². The molecule has 2 aliphatic rings. The van der Waals surface area contributed by atoms with Gasteiger partial charge in [0.1, 0.15) is 5.82 Å². The number of pyridine rings is 1. The van der Waals surface area contributed by atoms with Gasteiger partial charge in [-0.25, -0.2) is 4.98 Å². The molecule has 1 N–H and O–H groups in total. The van der Waals surface area contributed by atoms with Crippen molar-refractivity contribution in [3.05, 3.63) is 60.2 Å². The lowest BCUT2D eigenvalue weighted by molar-refractivity contribution is 0.0383. The van der Waals surface area contributed by atoms with Crippen LogP contribution in [-0.2, 0) is 9.47 Å². The summed E-state index contributed by atoms with van der Waals surface area (Å²) < 4.78 is 13.5. The molecule has 7 nitrogen and oxygen atoms in total. The van der Waals surface area contributed by atoms with Gasteiger partial charge in [-0.05, 0) is 18.2 Å². The molecule has 0 radical (unpaired) electrons. The van der Waals surface area contributed by atoms with Gasteiger partial charge in [-0.2, -0.15) is 0 Å². The fourth-order valence-corrected chi connectivity index (χ4v) is 6.21. The monoisotopic (exact) mass is 502 g/mol. The Labute approximate surface area is 214 Å². The third-order valence-electron chi connectivity index (χ3n) is 6.93. The highest BCUT2D eigenvalue weighted by Crippen LogP contribution is 2.39. The van der Waals surface area contributed by atoms with E-state index in [1.54, 1.807) is 11.3 Å². The summed E-state index contributed by atoms with van der Waals surface area (Å²) >= 11 is 1.79. The van der Waals surface area contributed by atoms with Crippen molar-refractivity contribution in [2.75, 3.05) is 70.6 Å². The molecule has 2 fully saturated rings. The Morgan fingerprint density at radius 1 is 0.889 bits per heavy atom. The number of nitrogens with one attached hydrogen (secondary N) is 1. The lowest BCUT2D eigenvalue weighted by Gasteiger charge is -2.30. The molecule has 2 aliphatic heterocycles. The van der Waals surface area contributed by atoms with Crippen LogP contribution >= 0.6 is 11.3 Å². The van der Waals surface area contributed by atoms with Crippen molar-refractivity contribution < 1.29 is 14.3 Å². The fourth-order valence-electron chi connectivity index (χ4n) is 4.99. The molecule has 0 bridgehead atoms. The number of carbonyl (C=O) groups excluding carboxylic acids is 1. The zero-order valence-corrected chi connectivity index (χ0v) is 21.1. The summed E-state index contributed by atoms with van der Waals surface area (Å²) in [6, 6.07) is 18.8. The first-order chi connectivity index (χ1) is 17.8. The Morgan fingerprint density at radius 2 is 1.64 bits per heavy atom. The summed E-state index contributed by atoms with van der Waals surface area (Å²) in [5.41, 5.74) is 2.60. The van der Waals surface area contributed by atoms with Crippen LogP contribution in [0.4, 0.5) is 5.82 Å². The molecule has 4 heterocycles. The number of ether oxygens (including phenoxy) is 2. The lowest BCUT2D eigenvalue weighted by Crippen LogP contribution is -2.42. The molecular formula is C28H30N4O3S. The highest BCUT2D eigenvalue weighted by molar-refractivity contribution is 7.26. The normalized spacial score (nSPS) is 17.1. The van der Waals surface area contributed by atoms with E-state index in [0.717, 1.165) is 63.0 Å². The van der Waals surface area contributed by atoms with Gasteiger partial charge in [0.05, 0.1) is 37.7 Å². The van der Waals surface area contributed by atoms with Gasteiger partial charge >= 0.3 is 0 Å². The first kappa shape index (κ1) is 23.4. The number of rotatable bonds is 6. The van der Waals surface area contributed by atoms with Crippen molar-refractivity contribution in [1.82, 2.24) is 15.2 Å². The Balaban J connectivity index is 1.32. The molecule has 0 saturated carbocycles. The van der Waals surface area contributed by atoms with Crippen LogP contribution in [0.1, 0.15) is 10.4 Å². The summed E-state index contributed by atoms with van der Waals surface area (Å²) in [6.45, 7) is 7.47. The molecule has 2 aromatic heterocycles. The zero-order chi connectivity index (χ0) is 24.3. The van der Waals surface area contributed by atoms with Gasteiger partial charge in [0.25, 0.3) is 5.91 Å². The minimum atomic E-state index is -0.0797. The molecule has 6 rings (SSSR count). The van der Waals surface area contributed by atoms with Crippen LogP contribution in [0.25, 0.3) is 31.4 Å². The summed E-state index contributed by atoms with van der Waals surface area (Å²) in [5.74, 6) is 0.654. The van der Waals surface area contributed by atoms with Crippen molar-refractivity contribution in [2.24, 2.45) is 0 Å². The summed E-state index contributed by atoms with van der Waals surface area (Å²) in [7, 11) is 0. The number of morpholine rings is 2. The van der Waals surface area contributed by atoms with Gasteiger partial charge in [-0.1, -0.05) is 36.4 Å². The van der Waals surface area contributed by atoms with E-state index < -0.39 is 0 Å². The van der Waals surface area contributed by atoms with E-state index in [4.69, 9.17) is 14.5 Å². The molecule has 8 heteroatoms. The number of nitrogens with zero attached hydrogens (tertiary/aromatic N) is 3. The number of aromatic nitrogens is 1. The number of hydrogen-bond donors (Lipinski definition) is 1. The largest absolute Gasteiger partial charge is 0.379 e. The van der Waals surface area contributed by atoms with Gasteiger partial charge in [0.2, 0.25) is 0 Å². The predicted octanol–water partition coefficient (Wildman–Crippen LogP) is 4.02. The zero-order valence-electron chi connectivity index (χ0n) is 20.2. The second-order valence-electron chi connectivity index (χ2n) is 9.16. The molecule has 2 saturated heterocycles. The molecular weight excluding hydrogens is 472 g/mol. The van der Waals surface area contributed by atoms with E-state index in [2.05, 4.69) is 57.6 Å². The number of carbonyl (C=O) groups is 1. The topological polar surface area (TPSA) is 66.9 Å². The quantitative estimate of drug-likeness (QED) is 0.430. The smallest absolute Gasteiger partial charge is 0.255 e. The first-order valence-electron chi connectivity index (χ1n) is 12.6. The SMILES string of the molecule is O=C(NCCN1CCOCC1)c1ccc(-c2cccc3c2sc2ccccc23)nc1N1CCOCC1. The standard InChI is InChI=1S/C28H30N4O3S/c33-28(29-10-11-31-12-16-34-17-13-31)23-8-9-24(30-27(23)32-14-18-35-19-15-32)22-6-3-5-21-20-4-1-2-7-25(20)36-26(21)22/h1-9H,10-19H2,(H,29,33). The molecule has 4 aromatic rings. The first-order valence-corrected chi connectivity index (χ1v) is 13.4. The third kappa shape index (κ3) is 4.69. The highest BCUT2D eigenvalue weighted by atomic mass is 32.1. The molecule has 36 heavy (non-hydrogen) atoms. The van der Waals surface area contributed by atoms with Gasteiger partial charge in [0.15, 0.2) is 0 Å². The van der Waals surface area contributed by atoms with Crippen molar-refractivity contribution in [3.8, 4) is 11.3 Å². The second-order valence-corrected chi connectivity index (χ2v) is 10.2. The maximum Gasteiger partial charge on any atom is 0.255 e. The van der Waals surface area contributed by atoms with E-state index >= 15 is 0 Å². The van der Waals surface area contributed by atoms with Crippen LogP contribution in [0.2, 0.25) is 0 Å². The van der Waals surface area contributed by atoms with Crippen LogP contribution in [0.3, 0.4) is 0 Å². The second kappa shape index (κ2) is 10.5. The predicted molar refractivity (Wildman–Crippen MR) is 145 cm³/mol. The summed E-state index contributed by atoms with van der Waals surface area (Å²) in [4.78, 5) is 22.9. The summed E-state index contributed by atoms with van der Waals surface area (Å²) in [6.07, 6.45) is 0. The molecule has 186 valence electrons. The maximum atomic E-state index is 13.3. The molecule has 0 unspecified atom stereocenters. The Kier molecular flexibility index (Phi) is 6.83. The van der Waals surface area contributed by atoms with Gasteiger partial charge in [-0.15, -0.1) is 11.3 Å². The average Bonchev–Trinajstić information content (AvgIpc) is 3.33. The van der Waals surface area contributed by atoms with E-state index in [1.165, 1.54) is 20.2 Å². The number of amides is 1. The van der Waals surface area contributed by atoms with Crippen LogP contribution in [0.5, 0.6) is 0 Å². The average molecular weight is 503 g/mol. The minimum Gasteiger partial charge on any atom is -0.379 e. The van der Waals surface area contributed by atoms with E-state index in [-0.39, 0.29) is 5.91 Å².